The number of nitrogens with one attached hydrogen (secondary N) is 1. The third-order valence-electron chi connectivity index (χ3n) is 3.05. The monoisotopic (exact) mass is 205 g/mol. The van der Waals surface area contributed by atoms with Crippen molar-refractivity contribution < 1.29 is 0 Å². The molecule has 0 unspecified atom stereocenters. The highest BCUT2D eigenvalue weighted by Gasteiger charge is 2.04. The predicted molar refractivity (Wildman–Crippen MR) is 67.2 cm³/mol. The van der Waals surface area contributed by atoms with E-state index in [9.17, 15) is 0 Å². The Labute approximate surface area is 93.9 Å². The molecule has 0 aliphatic rings. The van der Waals surface area contributed by atoms with Crippen molar-refractivity contribution in [2.24, 2.45) is 0 Å². The van der Waals surface area contributed by atoms with Crippen LogP contribution in [0.25, 0.3) is 0 Å². The van der Waals surface area contributed by atoms with Crippen LogP contribution in [0.3, 0.4) is 0 Å². The van der Waals surface area contributed by atoms with Crippen molar-refractivity contribution >= 4 is 0 Å². The van der Waals surface area contributed by atoms with Crippen LogP contribution in [-0.4, -0.2) is 12.6 Å². The van der Waals surface area contributed by atoms with Gasteiger partial charge in [0.2, 0.25) is 0 Å². The van der Waals surface area contributed by atoms with Crippen LogP contribution in [0.5, 0.6) is 0 Å². The predicted octanol–water partition coefficient (Wildman–Crippen LogP) is 3.57. The van der Waals surface area contributed by atoms with E-state index in [4.69, 9.17) is 0 Å². The molecule has 1 aromatic rings. The van der Waals surface area contributed by atoms with Crippen molar-refractivity contribution in [3.05, 3.63) is 35.9 Å². The molecule has 0 aliphatic carbocycles. The Morgan fingerprint density at radius 2 is 1.80 bits per heavy atom. The van der Waals surface area contributed by atoms with E-state index in [0.29, 0.717) is 12.0 Å². The number of rotatable bonds is 6. The highest BCUT2D eigenvalue weighted by Crippen LogP contribution is 2.17. The zero-order valence-corrected chi connectivity index (χ0v) is 10.2. The lowest BCUT2D eigenvalue weighted by Gasteiger charge is -2.15. The maximum atomic E-state index is 3.53. The molecule has 0 aliphatic heterocycles. The minimum absolute atomic E-state index is 0.646. The lowest BCUT2D eigenvalue weighted by molar-refractivity contribution is 0.505. The fourth-order valence-corrected chi connectivity index (χ4v) is 1.64. The highest BCUT2D eigenvalue weighted by atomic mass is 14.9. The van der Waals surface area contributed by atoms with Crippen LogP contribution in [0.1, 0.15) is 45.1 Å². The first kappa shape index (κ1) is 12.3. The maximum Gasteiger partial charge on any atom is 0.00361 e. The maximum absolute atomic E-state index is 3.53. The molecule has 1 rings (SSSR count). The topological polar surface area (TPSA) is 12.0 Å². The van der Waals surface area contributed by atoms with Gasteiger partial charge < -0.3 is 5.32 Å². The second-order valence-corrected chi connectivity index (χ2v) is 4.36. The van der Waals surface area contributed by atoms with Crippen molar-refractivity contribution in [1.29, 1.82) is 0 Å². The summed E-state index contributed by atoms with van der Waals surface area (Å²) in [5.74, 6) is 0.655. The van der Waals surface area contributed by atoms with E-state index >= 15 is 0 Å². The van der Waals surface area contributed by atoms with E-state index in [2.05, 4.69) is 56.4 Å². The van der Waals surface area contributed by atoms with Crippen LogP contribution >= 0.6 is 0 Å². The van der Waals surface area contributed by atoms with Gasteiger partial charge in [-0.05, 0) is 37.8 Å². The smallest absolute Gasteiger partial charge is 0.00361 e. The molecule has 0 saturated carbocycles. The molecule has 0 radical (unpaired) electrons. The van der Waals surface area contributed by atoms with Gasteiger partial charge >= 0.3 is 0 Å². The molecule has 84 valence electrons. The SMILES string of the molecule is CC[C@@H](C)NCC[C@@H](C)c1ccccc1. The molecule has 15 heavy (non-hydrogen) atoms. The first-order valence-electron chi connectivity index (χ1n) is 6.02. The first-order valence-corrected chi connectivity index (χ1v) is 6.02. The number of benzene rings is 1. The summed E-state index contributed by atoms with van der Waals surface area (Å²) in [7, 11) is 0. The van der Waals surface area contributed by atoms with Crippen molar-refractivity contribution in [2.75, 3.05) is 6.54 Å². The quantitative estimate of drug-likeness (QED) is 0.748. The van der Waals surface area contributed by atoms with Gasteiger partial charge in [0.25, 0.3) is 0 Å². The number of hydrogen-bond donors (Lipinski definition) is 1. The van der Waals surface area contributed by atoms with E-state index in [1.807, 2.05) is 0 Å². The lowest BCUT2D eigenvalue weighted by atomic mass is 9.98. The zero-order chi connectivity index (χ0) is 11.1. The van der Waals surface area contributed by atoms with Crippen LogP contribution in [-0.2, 0) is 0 Å². The van der Waals surface area contributed by atoms with Crippen LogP contribution < -0.4 is 5.32 Å². The fraction of sp³-hybridized carbons (Fsp3) is 0.571. The van der Waals surface area contributed by atoms with Crippen LogP contribution in [0, 0.1) is 0 Å². The van der Waals surface area contributed by atoms with Gasteiger partial charge in [0, 0.05) is 6.04 Å². The molecule has 0 heterocycles. The lowest BCUT2D eigenvalue weighted by Crippen LogP contribution is -2.26. The summed E-state index contributed by atoms with van der Waals surface area (Å²) in [5.41, 5.74) is 1.45. The van der Waals surface area contributed by atoms with E-state index in [1.54, 1.807) is 0 Å². The second kappa shape index (κ2) is 6.62. The van der Waals surface area contributed by atoms with Gasteiger partial charge in [0.05, 0.1) is 0 Å². The molecule has 1 aromatic carbocycles. The van der Waals surface area contributed by atoms with Gasteiger partial charge in [-0.3, -0.25) is 0 Å². The Morgan fingerprint density at radius 3 is 2.40 bits per heavy atom. The van der Waals surface area contributed by atoms with Gasteiger partial charge in [0.1, 0.15) is 0 Å². The Hall–Kier alpha value is -0.820. The molecule has 0 spiro atoms. The standard InChI is InChI=1S/C14H23N/c1-4-13(3)15-11-10-12(2)14-8-6-5-7-9-14/h5-9,12-13,15H,4,10-11H2,1-3H3/t12-,13-/m1/s1. The Balaban J connectivity index is 2.28. The number of hydrogen-bond acceptors (Lipinski definition) is 1. The summed E-state index contributed by atoms with van der Waals surface area (Å²) in [6.45, 7) is 7.88. The van der Waals surface area contributed by atoms with Crippen molar-refractivity contribution in [2.45, 2.75) is 45.6 Å². The summed E-state index contributed by atoms with van der Waals surface area (Å²) in [5, 5.41) is 3.53. The molecule has 0 amide bonds. The van der Waals surface area contributed by atoms with Gasteiger partial charge in [-0.15, -0.1) is 0 Å². The molecule has 2 atom stereocenters. The van der Waals surface area contributed by atoms with Gasteiger partial charge in [0.15, 0.2) is 0 Å². The van der Waals surface area contributed by atoms with E-state index in [-0.39, 0.29) is 0 Å². The molecular weight excluding hydrogens is 182 g/mol. The third kappa shape index (κ3) is 4.48. The molecule has 0 fully saturated rings. The van der Waals surface area contributed by atoms with E-state index < -0.39 is 0 Å². The second-order valence-electron chi connectivity index (χ2n) is 4.36. The van der Waals surface area contributed by atoms with E-state index in [1.165, 1.54) is 18.4 Å². The Morgan fingerprint density at radius 1 is 1.13 bits per heavy atom. The summed E-state index contributed by atoms with van der Waals surface area (Å²) < 4.78 is 0. The molecule has 1 nitrogen and oxygen atoms in total. The van der Waals surface area contributed by atoms with E-state index in [0.717, 1.165) is 6.54 Å². The van der Waals surface area contributed by atoms with Crippen molar-refractivity contribution in [3.8, 4) is 0 Å². The van der Waals surface area contributed by atoms with Crippen molar-refractivity contribution in [1.82, 2.24) is 5.32 Å². The fourth-order valence-electron chi connectivity index (χ4n) is 1.64. The molecule has 0 bridgehead atoms. The molecular formula is C14H23N. The Kier molecular flexibility index (Phi) is 5.41. The minimum atomic E-state index is 0.646. The third-order valence-corrected chi connectivity index (χ3v) is 3.05. The molecule has 1 N–H and O–H groups in total. The van der Waals surface area contributed by atoms with Crippen molar-refractivity contribution in [3.63, 3.8) is 0 Å². The van der Waals surface area contributed by atoms with Gasteiger partial charge in [-0.1, -0.05) is 44.2 Å². The summed E-state index contributed by atoms with van der Waals surface area (Å²) in [4.78, 5) is 0. The highest BCUT2D eigenvalue weighted by molar-refractivity contribution is 5.18. The summed E-state index contributed by atoms with van der Waals surface area (Å²) >= 11 is 0. The molecule has 0 aromatic heterocycles. The van der Waals surface area contributed by atoms with Gasteiger partial charge in [-0.25, -0.2) is 0 Å². The van der Waals surface area contributed by atoms with Gasteiger partial charge in [-0.2, -0.15) is 0 Å². The summed E-state index contributed by atoms with van der Waals surface area (Å²) in [6.07, 6.45) is 2.42. The largest absolute Gasteiger partial charge is 0.314 e. The Bertz CT molecular complexity index is 255. The zero-order valence-electron chi connectivity index (χ0n) is 10.2. The summed E-state index contributed by atoms with van der Waals surface area (Å²) in [6, 6.07) is 11.4. The average Bonchev–Trinajstić information content (AvgIpc) is 2.29. The van der Waals surface area contributed by atoms with Crippen LogP contribution in [0.2, 0.25) is 0 Å². The average molecular weight is 205 g/mol. The first-order chi connectivity index (χ1) is 7.24. The molecule has 0 saturated heterocycles. The molecule has 1 heteroatoms. The normalized spacial score (nSPS) is 14.9. The van der Waals surface area contributed by atoms with Crippen LogP contribution in [0.15, 0.2) is 30.3 Å². The van der Waals surface area contributed by atoms with Crippen LogP contribution in [0.4, 0.5) is 0 Å². The minimum Gasteiger partial charge on any atom is -0.314 e.